The van der Waals surface area contributed by atoms with Crippen molar-refractivity contribution in [1.29, 1.82) is 0 Å². The van der Waals surface area contributed by atoms with Crippen LogP contribution in [0.3, 0.4) is 0 Å². The molecule has 0 unspecified atom stereocenters. The van der Waals surface area contributed by atoms with Crippen LogP contribution in [-0.2, 0) is 0 Å². The van der Waals surface area contributed by atoms with E-state index in [0.29, 0.717) is 17.1 Å². The molecule has 2 N–H and O–H groups in total. The number of carbonyl (C=O) groups excluding carboxylic acids is 1. The Balaban J connectivity index is 1.76. The maximum Gasteiger partial charge on any atom is 0.255 e. The summed E-state index contributed by atoms with van der Waals surface area (Å²) in [6, 6.07) is 18.3. The number of hydrogen-bond donors (Lipinski definition) is 2. The third kappa shape index (κ3) is 4.36. The molecular formula is C19H16BrN3O2. The molecule has 3 rings (SSSR count). The molecule has 0 spiro atoms. The van der Waals surface area contributed by atoms with Gasteiger partial charge < -0.3 is 15.4 Å². The minimum absolute atomic E-state index is 0.201. The van der Waals surface area contributed by atoms with Crippen LogP contribution >= 0.6 is 15.9 Å². The van der Waals surface area contributed by atoms with Crippen LogP contribution in [0.4, 0.5) is 17.2 Å². The topological polar surface area (TPSA) is 63.2 Å². The zero-order chi connectivity index (χ0) is 17.6. The van der Waals surface area contributed by atoms with Crippen LogP contribution in [0.2, 0.25) is 0 Å². The Bertz CT molecular complexity index is 882. The van der Waals surface area contributed by atoms with E-state index < -0.39 is 0 Å². The van der Waals surface area contributed by atoms with E-state index in [0.717, 1.165) is 15.8 Å². The van der Waals surface area contributed by atoms with Gasteiger partial charge in [-0.25, -0.2) is 4.98 Å². The molecule has 1 heterocycles. The van der Waals surface area contributed by atoms with Crippen molar-refractivity contribution < 1.29 is 9.53 Å². The number of para-hydroxylation sites is 2. The summed E-state index contributed by atoms with van der Waals surface area (Å²) >= 11 is 3.37. The van der Waals surface area contributed by atoms with E-state index in [-0.39, 0.29) is 5.91 Å². The van der Waals surface area contributed by atoms with Gasteiger partial charge in [0, 0.05) is 21.9 Å². The average molecular weight is 398 g/mol. The Morgan fingerprint density at radius 3 is 2.60 bits per heavy atom. The van der Waals surface area contributed by atoms with Gasteiger partial charge in [-0.05, 0) is 48.5 Å². The van der Waals surface area contributed by atoms with Gasteiger partial charge in [-0.3, -0.25) is 4.79 Å². The van der Waals surface area contributed by atoms with Crippen molar-refractivity contribution in [3.8, 4) is 5.75 Å². The zero-order valence-corrected chi connectivity index (χ0v) is 15.1. The SMILES string of the molecule is COc1ccccc1Nc1cc(C(=O)Nc2ccc(Br)cc2)ccn1. The minimum atomic E-state index is -0.201. The van der Waals surface area contributed by atoms with E-state index in [4.69, 9.17) is 4.74 Å². The van der Waals surface area contributed by atoms with Gasteiger partial charge in [0.25, 0.3) is 5.91 Å². The lowest BCUT2D eigenvalue weighted by Gasteiger charge is -2.11. The number of rotatable bonds is 5. The van der Waals surface area contributed by atoms with Crippen LogP contribution < -0.4 is 15.4 Å². The Kier molecular flexibility index (Phi) is 5.30. The van der Waals surface area contributed by atoms with Crippen LogP contribution in [0, 0.1) is 0 Å². The summed E-state index contributed by atoms with van der Waals surface area (Å²) in [5.74, 6) is 1.06. The van der Waals surface area contributed by atoms with Gasteiger partial charge in [0.2, 0.25) is 0 Å². The number of carbonyl (C=O) groups is 1. The Morgan fingerprint density at radius 1 is 1.08 bits per heavy atom. The van der Waals surface area contributed by atoms with E-state index in [9.17, 15) is 4.79 Å². The second-order valence-corrected chi connectivity index (χ2v) is 6.13. The number of ether oxygens (including phenoxy) is 1. The number of pyridine rings is 1. The van der Waals surface area contributed by atoms with Crippen molar-refractivity contribution in [1.82, 2.24) is 4.98 Å². The highest BCUT2D eigenvalue weighted by Crippen LogP contribution is 2.26. The number of aromatic nitrogens is 1. The fourth-order valence-electron chi connectivity index (χ4n) is 2.26. The van der Waals surface area contributed by atoms with Crippen LogP contribution in [0.1, 0.15) is 10.4 Å². The predicted molar refractivity (Wildman–Crippen MR) is 103 cm³/mol. The summed E-state index contributed by atoms with van der Waals surface area (Å²) in [5.41, 5.74) is 2.02. The maximum absolute atomic E-state index is 12.4. The first-order chi connectivity index (χ1) is 12.2. The van der Waals surface area contributed by atoms with Crippen LogP contribution in [0.5, 0.6) is 5.75 Å². The van der Waals surface area contributed by atoms with Gasteiger partial charge >= 0.3 is 0 Å². The van der Waals surface area contributed by atoms with Crippen molar-refractivity contribution in [3.05, 3.63) is 76.9 Å². The number of nitrogens with zero attached hydrogens (tertiary/aromatic N) is 1. The molecule has 1 amide bonds. The monoisotopic (exact) mass is 397 g/mol. The Morgan fingerprint density at radius 2 is 1.84 bits per heavy atom. The molecule has 0 aliphatic carbocycles. The zero-order valence-electron chi connectivity index (χ0n) is 13.5. The average Bonchev–Trinajstić information content (AvgIpc) is 2.64. The van der Waals surface area contributed by atoms with Crippen molar-refractivity contribution >= 4 is 39.0 Å². The normalized spacial score (nSPS) is 10.2. The van der Waals surface area contributed by atoms with E-state index in [1.54, 1.807) is 25.4 Å². The lowest BCUT2D eigenvalue weighted by molar-refractivity contribution is 0.102. The molecule has 0 bridgehead atoms. The number of nitrogens with one attached hydrogen (secondary N) is 2. The number of methoxy groups -OCH3 is 1. The molecule has 0 saturated heterocycles. The maximum atomic E-state index is 12.4. The highest BCUT2D eigenvalue weighted by atomic mass is 79.9. The summed E-state index contributed by atoms with van der Waals surface area (Å²) in [6.45, 7) is 0. The lowest BCUT2D eigenvalue weighted by Crippen LogP contribution is -2.12. The van der Waals surface area contributed by atoms with E-state index >= 15 is 0 Å². The quantitative estimate of drug-likeness (QED) is 0.645. The van der Waals surface area contributed by atoms with Gasteiger partial charge in [0.15, 0.2) is 0 Å². The summed E-state index contributed by atoms with van der Waals surface area (Å²) < 4.78 is 6.27. The molecule has 25 heavy (non-hydrogen) atoms. The molecule has 0 aliphatic rings. The molecule has 0 aliphatic heterocycles. The van der Waals surface area contributed by atoms with Crippen LogP contribution in [0.15, 0.2) is 71.3 Å². The molecular weight excluding hydrogens is 382 g/mol. The van der Waals surface area contributed by atoms with Crippen molar-refractivity contribution in [2.45, 2.75) is 0 Å². The summed E-state index contributed by atoms with van der Waals surface area (Å²) in [7, 11) is 1.61. The standard InChI is InChI=1S/C19H16BrN3O2/c1-25-17-5-3-2-4-16(17)23-18-12-13(10-11-21-18)19(24)22-15-8-6-14(20)7-9-15/h2-12H,1H3,(H,21,23)(H,22,24). The minimum Gasteiger partial charge on any atom is -0.495 e. The first kappa shape index (κ1) is 17.0. The molecule has 3 aromatic rings. The molecule has 0 atom stereocenters. The molecule has 126 valence electrons. The Labute approximate surface area is 154 Å². The van der Waals surface area contributed by atoms with E-state index in [2.05, 4.69) is 31.5 Å². The van der Waals surface area contributed by atoms with Gasteiger partial charge in [0.05, 0.1) is 12.8 Å². The van der Waals surface area contributed by atoms with Gasteiger partial charge in [0.1, 0.15) is 11.6 Å². The number of amides is 1. The molecule has 5 nitrogen and oxygen atoms in total. The summed E-state index contributed by atoms with van der Waals surface area (Å²) in [4.78, 5) is 16.7. The van der Waals surface area contributed by atoms with Crippen LogP contribution in [-0.4, -0.2) is 18.0 Å². The number of hydrogen-bond acceptors (Lipinski definition) is 4. The first-order valence-corrected chi connectivity index (χ1v) is 8.38. The van der Waals surface area contributed by atoms with Crippen molar-refractivity contribution in [3.63, 3.8) is 0 Å². The molecule has 2 aromatic carbocycles. The van der Waals surface area contributed by atoms with Crippen molar-refractivity contribution in [2.24, 2.45) is 0 Å². The molecule has 6 heteroatoms. The van der Waals surface area contributed by atoms with Gasteiger partial charge in [-0.2, -0.15) is 0 Å². The van der Waals surface area contributed by atoms with E-state index in [1.165, 1.54) is 0 Å². The van der Waals surface area contributed by atoms with Gasteiger partial charge in [-0.15, -0.1) is 0 Å². The molecule has 1 aromatic heterocycles. The first-order valence-electron chi connectivity index (χ1n) is 7.59. The van der Waals surface area contributed by atoms with Gasteiger partial charge in [-0.1, -0.05) is 28.1 Å². The number of anilines is 3. The highest BCUT2D eigenvalue weighted by molar-refractivity contribution is 9.10. The summed E-state index contributed by atoms with van der Waals surface area (Å²) in [6.07, 6.45) is 1.59. The van der Waals surface area contributed by atoms with Crippen molar-refractivity contribution in [2.75, 3.05) is 17.7 Å². The third-order valence-electron chi connectivity index (χ3n) is 3.49. The summed E-state index contributed by atoms with van der Waals surface area (Å²) in [5, 5.41) is 6.03. The van der Waals surface area contributed by atoms with E-state index in [1.807, 2.05) is 48.5 Å². The third-order valence-corrected chi connectivity index (χ3v) is 4.02. The number of benzene rings is 2. The smallest absolute Gasteiger partial charge is 0.255 e. The molecule has 0 fully saturated rings. The predicted octanol–water partition coefficient (Wildman–Crippen LogP) is 4.85. The second-order valence-electron chi connectivity index (χ2n) is 5.22. The molecule has 0 radical (unpaired) electrons. The Hall–Kier alpha value is -2.86. The van der Waals surface area contributed by atoms with Crippen LogP contribution in [0.25, 0.3) is 0 Å². The fraction of sp³-hybridized carbons (Fsp3) is 0.0526. The second kappa shape index (κ2) is 7.81. The molecule has 0 saturated carbocycles. The lowest BCUT2D eigenvalue weighted by atomic mass is 10.2. The number of halogens is 1. The highest BCUT2D eigenvalue weighted by Gasteiger charge is 2.09. The fourth-order valence-corrected chi connectivity index (χ4v) is 2.53. The largest absolute Gasteiger partial charge is 0.495 e.